The summed E-state index contributed by atoms with van der Waals surface area (Å²) < 4.78 is 0. The molecule has 3 heteroatoms. The van der Waals surface area contributed by atoms with E-state index in [4.69, 9.17) is 0 Å². The summed E-state index contributed by atoms with van der Waals surface area (Å²) in [5.41, 5.74) is 3.79. The van der Waals surface area contributed by atoms with Gasteiger partial charge in [-0.05, 0) is 68.3 Å². The number of hydrogen-bond acceptors (Lipinski definition) is 3. The van der Waals surface area contributed by atoms with Crippen LogP contribution < -0.4 is 5.32 Å². The van der Waals surface area contributed by atoms with E-state index in [9.17, 15) is 0 Å². The molecule has 25 heavy (non-hydrogen) atoms. The van der Waals surface area contributed by atoms with Crippen LogP contribution in [-0.2, 0) is 0 Å². The van der Waals surface area contributed by atoms with E-state index in [2.05, 4.69) is 60.3 Å². The lowest BCUT2D eigenvalue weighted by atomic mass is 9.60. The highest BCUT2D eigenvalue weighted by Gasteiger charge is 2.48. The zero-order chi connectivity index (χ0) is 17.4. The average Bonchev–Trinajstić information content (AvgIpc) is 2.60. The van der Waals surface area contributed by atoms with Gasteiger partial charge in [0.1, 0.15) is 0 Å². The minimum absolute atomic E-state index is 0.571. The summed E-state index contributed by atoms with van der Waals surface area (Å²) in [6.07, 6.45) is 5.65. The maximum Gasteiger partial charge on any atom is 0.0481 e. The van der Waals surface area contributed by atoms with E-state index >= 15 is 0 Å². The number of nitrogens with zero attached hydrogens (tertiary/aromatic N) is 2. The lowest BCUT2D eigenvalue weighted by molar-refractivity contribution is -0.0608. The Morgan fingerprint density at radius 2 is 1.80 bits per heavy atom. The Kier molecular flexibility index (Phi) is 4.91. The summed E-state index contributed by atoms with van der Waals surface area (Å²) >= 11 is 0. The van der Waals surface area contributed by atoms with Crippen molar-refractivity contribution in [3.8, 4) is 0 Å². The molecule has 0 unspecified atom stereocenters. The second-order valence-corrected chi connectivity index (χ2v) is 9.11. The lowest BCUT2D eigenvalue weighted by Gasteiger charge is -2.57. The average molecular weight is 342 g/mol. The van der Waals surface area contributed by atoms with Crippen LogP contribution in [0.2, 0.25) is 0 Å². The number of piperazine rings is 1. The van der Waals surface area contributed by atoms with Crippen molar-refractivity contribution in [1.82, 2.24) is 15.1 Å². The molecule has 4 rings (SSSR count). The zero-order valence-corrected chi connectivity index (χ0v) is 16.3. The molecule has 2 heterocycles. The number of hydrogen-bond donors (Lipinski definition) is 1. The van der Waals surface area contributed by atoms with Gasteiger partial charge in [-0.1, -0.05) is 38.1 Å². The van der Waals surface area contributed by atoms with Crippen LogP contribution in [0.1, 0.15) is 62.6 Å². The molecule has 3 fully saturated rings. The van der Waals surface area contributed by atoms with E-state index in [0.717, 1.165) is 6.04 Å². The first kappa shape index (κ1) is 17.5. The molecule has 0 amide bonds. The molecule has 1 aliphatic carbocycles. The van der Waals surface area contributed by atoms with E-state index in [1.165, 1.54) is 58.4 Å². The number of nitrogens with one attached hydrogen (secondary N) is 1. The topological polar surface area (TPSA) is 18.5 Å². The van der Waals surface area contributed by atoms with E-state index in [1.54, 1.807) is 11.1 Å². The van der Waals surface area contributed by atoms with Crippen molar-refractivity contribution in [3.63, 3.8) is 0 Å². The Morgan fingerprint density at radius 3 is 2.52 bits per heavy atom. The van der Waals surface area contributed by atoms with Gasteiger partial charge in [-0.15, -0.1) is 0 Å². The molecule has 1 saturated carbocycles. The van der Waals surface area contributed by atoms with Crippen LogP contribution in [0.4, 0.5) is 0 Å². The number of rotatable bonds is 3. The van der Waals surface area contributed by atoms with E-state index in [1.807, 2.05) is 0 Å². The normalized spacial score (nSPS) is 28.4. The summed E-state index contributed by atoms with van der Waals surface area (Å²) in [7, 11) is 2.29. The van der Waals surface area contributed by atoms with Crippen LogP contribution in [0.3, 0.4) is 0 Å². The van der Waals surface area contributed by atoms with Gasteiger partial charge in [-0.2, -0.15) is 0 Å². The summed E-state index contributed by atoms with van der Waals surface area (Å²) in [6.45, 7) is 10.8. The molecule has 1 aromatic carbocycles. The van der Waals surface area contributed by atoms with Crippen molar-refractivity contribution in [2.24, 2.45) is 5.41 Å². The highest BCUT2D eigenvalue weighted by Crippen LogP contribution is 2.51. The summed E-state index contributed by atoms with van der Waals surface area (Å²) in [5.74, 6) is 0.599. The molecular weight excluding hydrogens is 306 g/mol. The second kappa shape index (κ2) is 7.02. The van der Waals surface area contributed by atoms with Crippen molar-refractivity contribution >= 4 is 0 Å². The minimum atomic E-state index is 0.571. The van der Waals surface area contributed by atoms with Gasteiger partial charge in [-0.3, -0.25) is 4.90 Å². The van der Waals surface area contributed by atoms with Crippen molar-refractivity contribution in [3.05, 3.63) is 35.4 Å². The van der Waals surface area contributed by atoms with Crippen molar-refractivity contribution in [2.75, 3.05) is 39.8 Å². The Morgan fingerprint density at radius 1 is 1.08 bits per heavy atom. The van der Waals surface area contributed by atoms with E-state index in [-0.39, 0.29) is 0 Å². The van der Waals surface area contributed by atoms with Crippen LogP contribution >= 0.6 is 0 Å². The molecule has 2 saturated heterocycles. The maximum atomic E-state index is 3.54. The quantitative estimate of drug-likeness (QED) is 0.906. The largest absolute Gasteiger partial charge is 0.317 e. The first-order valence-corrected chi connectivity index (χ1v) is 10.3. The molecule has 0 bridgehead atoms. The second-order valence-electron chi connectivity index (χ2n) is 9.11. The number of benzene rings is 1. The molecule has 1 aromatic rings. The van der Waals surface area contributed by atoms with Crippen LogP contribution in [0.25, 0.3) is 0 Å². The molecule has 3 nitrogen and oxygen atoms in total. The minimum Gasteiger partial charge on any atom is -0.317 e. The smallest absolute Gasteiger partial charge is 0.0481 e. The Hall–Kier alpha value is -0.900. The first-order valence-electron chi connectivity index (χ1n) is 10.3. The molecule has 1 atom stereocenters. The Bertz CT molecular complexity index is 583. The van der Waals surface area contributed by atoms with Gasteiger partial charge in [0.15, 0.2) is 0 Å². The van der Waals surface area contributed by atoms with Gasteiger partial charge in [0, 0.05) is 31.7 Å². The van der Waals surface area contributed by atoms with Crippen LogP contribution in [0, 0.1) is 5.41 Å². The van der Waals surface area contributed by atoms with E-state index in [0.29, 0.717) is 17.4 Å². The molecule has 138 valence electrons. The predicted molar refractivity (Wildman–Crippen MR) is 105 cm³/mol. The standard InChI is InChI=1S/C22H35N3/c1-17(2)19-6-4-5-7-20(19)21-16-24(3)12-13-25(21)18-14-22(15-18)8-10-23-11-9-22/h4-7,17-18,21,23H,8-16H2,1-3H3/t21-/m0/s1. The third kappa shape index (κ3) is 3.39. The fraction of sp³-hybridized carbons (Fsp3) is 0.727. The summed E-state index contributed by atoms with van der Waals surface area (Å²) in [5, 5.41) is 3.54. The van der Waals surface area contributed by atoms with Gasteiger partial charge >= 0.3 is 0 Å². The molecule has 3 aliphatic rings. The fourth-order valence-electron chi connectivity index (χ4n) is 5.53. The fourth-order valence-corrected chi connectivity index (χ4v) is 5.53. The van der Waals surface area contributed by atoms with Crippen LogP contribution in [-0.4, -0.2) is 55.6 Å². The van der Waals surface area contributed by atoms with Crippen molar-refractivity contribution in [2.45, 2.75) is 57.5 Å². The van der Waals surface area contributed by atoms with E-state index < -0.39 is 0 Å². The van der Waals surface area contributed by atoms with Gasteiger partial charge in [0.2, 0.25) is 0 Å². The molecule has 1 N–H and O–H groups in total. The number of likely N-dealkylation sites (N-methyl/N-ethyl adjacent to an activating group) is 1. The Labute approximate surface area is 153 Å². The van der Waals surface area contributed by atoms with Crippen LogP contribution in [0.5, 0.6) is 0 Å². The predicted octanol–water partition coefficient (Wildman–Crippen LogP) is 3.63. The lowest BCUT2D eigenvalue weighted by Crippen LogP contribution is -2.59. The van der Waals surface area contributed by atoms with Crippen LogP contribution in [0.15, 0.2) is 24.3 Å². The highest BCUT2D eigenvalue weighted by molar-refractivity contribution is 5.33. The van der Waals surface area contributed by atoms with Gasteiger partial charge < -0.3 is 10.2 Å². The maximum absolute atomic E-state index is 3.54. The zero-order valence-electron chi connectivity index (χ0n) is 16.3. The van der Waals surface area contributed by atoms with Gasteiger partial charge in [-0.25, -0.2) is 0 Å². The van der Waals surface area contributed by atoms with Crippen molar-refractivity contribution in [1.29, 1.82) is 0 Å². The first-order chi connectivity index (χ1) is 12.1. The molecule has 2 aliphatic heterocycles. The SMILES string of the molecule is CC(C)c1ccccc1[C@@H]1CN(C)CCN1C1CC2(CCNCC2)C1. The molecule has 0 radical (unpaired) electrons. The van der Waals surface area contributed by atoms with Gasteiger partial charge in [0.05, 0.1) is 0 Å². The van der Waals surface area contributed by atoms with Gasteiger partial charge in [0.25, 0.3) is 0 Å². The highest BCUT2D eigenvalue weighted by atomic mass is 15.3. The monoisotopic (exact) mass is 341 g/mol. The molecule has 0 aromatic heterocycles. The third-order valence-corrected chi connectivity index (χ3v) is 7.07. The third-order valence-electron chi connectivity index (χ3n) is 7.07. The molecule has 1 spiro atoms. The summed E-state index contributed by atoms with van der Waals surface area (Å²) in [4.78, 5) is 5.39. The number of piperidine rings is 1. The molecular formula is C22H35N3. The summed E-state index contributed by atoms with van der Waals surface area (Å²) in [6, 6.07) is 10.6. The van der Waals surface area contributed by atoms with Crippen molar-refractivity contribution < 1.29 is 0 Å². The Balaban J connectivity index is 1.55.